The molecule has 0 bridgehead atoms. The van der Waals surface area contributed by atoms with Crippen molar-refractivity contribution in [2.75, 3.05) is 37.9 Å². The van der Waals surface area contributed by atoms with Crippen LogP contribution in [-0.4, -0.2) is 33.6 Å². The number of aryl methyl sites for hydroxylation is 1. The van der Waals surface area contributed by atoms with Crippen LogP contribution in [0.2, 0.25) is 0 Å². The number of anilines is 2. The third kappa shape index (κ3) is 5.35. The van der Waals surface area contributed by atoms with Crippen LogP contribution < -0.4 is 15.1 Å². The number of hydrogen-bond acceptors (Lipinski definition) is 2. The van der Waals surface area contributed by atoms with Crippen molar-refractivity contribution in [3.63, 3.8) is 0 Å². The quantitative estimate of drug-likeness (QED) is 0.794. The van der Waals surface area contributed by atoms with Crippen LogP contribution in [0.5, 0.6) is 0 Å². The van der Waals surface area contributed by atoms with Gasteiger partial charge in [-0.15, -0.1) is 0 Å². The van der Waals surface area contributed by atoms with Crippen LogP contribution in [0.15, 0.2) is 46.9 Å². The lowest BCUT2D eigenvalue weighted by Gasteiger charge is -2.16. The van der Waals surface area contributed by atoms with Crippen molar-refractivity contribution in [1.29, 1.82) is 0 Å². The molecule has 2 aromatic rings. The third-order valence-electron chi connectivity index (χ3n) is 3.88. The molecule has 1 unspecified atom stereocenters. The fourth-order valence-electron chi connectivity index (χ4n) is 2.47. The third-order valence-corrected chi connectivity index (χ3v) is 4.73. The van der Waals surface area contributed by atoms with Crippen molar-refractivity contribution >= 4 is 33.2 Å². The van der Waals surface area contributed by atoms with Gasteiger partial charge in [0.25, 0.3) is 5.91 Å². The van der Waals surface area contributed by atoms with E-state index >= 15 is 0 Å². The zero-order valence-electron chi connectivity index (χ0n) is 14.7. The molecule has 0 radical (unpaired) electrons. The first-order valence-electron chi connectivity index (χ1n) is 7.98. The lowest BCUT2D eigenvalue weighted by atomic mass is 10.2. The molecule has 2 rings (SSSR count). The largest absolute Gasteiger partial charge is 0.378 e. The van der Waals surface area contributed by atoms with Gasteiger partial charge in [0.05, 0.1) is 7.05 Å². The van der Waals surface area contributed by atoms with Gasteiger partial charge in [0, 0.05) is 35.5 Å². The maximum absolute atomic E-state index is 12.2. The summed E-state index contributed by atoms with van der Waals surface area (Å²) >= 11 is 3.49. The Morgan fingerprint density at radius 3 is 2.42 bits per heavy atom. The Balaban J connectivity index is 1.87. The highest BCUT2D eigenvalue weighted by molar-refractivity contribution is 9.10. The number of quaternary nitrogens is 1. The number of likely N-dealkylation sites (N-methyl/N-ethyl adjacent to an activating group) is 1. The first-order chi connectivity index (χ1) is 11.3. The second-order valence-electron chi connectivity index (χ2n) is 6.38. The number of benzene rings is 2. The van der Waals surface area contributed by atoms with Crippen LogP contribution in [0.25, 0.3) is 0 Å². The summed E-state index contributed by atoms with van der Waals surface area (Å²) in [7, 11) is 6.09. The van der Waals surface area contributed by atoms with Gasteiger partial charge >= 0.3 is 0 Å². The Labute approximate surface area is 152 Å². The van der Waals surface area contributed by atoms with E-state index in [-0.39, 0.29) is 5.91 Å². The van der Waals surface area contributed by atoms with E-state index in [0.29, 0.717) is 6.54 Å². The minimum atomic E-state index is 0.0214. The first-order valence-corrected chi connectivity index (χ1v) is 8.78. The second kappa shape index (κ2) is 8.31. The minimum absolute atomic E-state index is 0.0214. The van der Waals surface area contributed by atoms with Gasteiger partial charge in [-0.2, -0.15) is 0 Å². The molecule has 0 saturated heterocycles. The smallest absolute Gasteiger partial charge is 0.279 e. The van der Waals surface area contributed by atoms with Crippen molar-refractivity contribution in [1.82, 2.24) is 0 Å². The number of nitrogens with one attached hydrogen (secondary N) is 2. The van der Waals surface area contributed by atoms with E-state index in [1.807, 2.05) is 46.3 Å². The number of carbonyl (C=O) groups is 1. The maximum atomic E-state index is 12.2. The van der Waals surface area contributed by atoms with Gasteiger partial charge < -0.3 is 15.1 Å². The van der Waals surface area contributed by atoms with E-state index in [2.05, 4.69) is 50.4 Å². The van der Waals surface area contributed by atoms with Crippen LogP contribution >= 0.6 is 15.9 Å². The molecule has 1 amide bonds. The highest BCUT2D eigenvalue weighted by atomic mass is 79.9. The normalized spacial score (nSPS) is 11.9. The Bertz CT molecular complexity index is 698. The number of halogens is 1. The van der Waals surface area contributed by atoms with Gasteiger partial charge in [0.2, 0.25) is 0 Å². The second-order valence-corrected chi connectivity index (χ2v) is 7.24. The standard InChI is InChI=1S/C19H24BrN3O/c1-14-5-8-16(11-18(14)20)21-19(24)13-23(4)12-15-6-9-17(10-7-15)22(2)3/h5-11H,12-13H2,1-4H3,(H,21,24)/p+1. The number of amides is 1. The molecule has 0 heterocycles. The van der Waals surface area contributed by atoms with E-state index in [1.165, 1.54) is 11.3 Å². The summed E-state index contributed by atoms with van der Waals surface area (Å²) in [4.78, 5) is 15.4. The molecule has 0 fully saturated rings. The Morgan fingerprint density at radius 1 is 1.17 bits per heavy atom. The van der Waals surface area contributed by atoms with Crippen LogP contribution in [-0.2, 0) is 11.3 Å². The minimum Gasteiger partial charge on any atom is -0.378 e. The maximum Gasteiger partial charge on any atom is 0.279 e. The summed E-state index contributed by atoms with van der Waals surface area (Å²) in [6, 6.07) is 14.3. The van der Waals surface area contributed by atoms with Crippen molar-refractivity contribution in [2.45, 2.75) is 13.5 Å². The molecule has 0 spiro atoms. The average Bonchev–Trinajstić information content (AvgIpc) is 2.51. The molecule has 2 aromatic carbocycles. The van der Waals surface area contributed by atoms with Crippen LogP contribution in [0.4, 0.5) is 11.4 Å². The summed E-state index contributed by atoms with van der Waals surface area (Å²) in [5, 5.41) is 2.95. The molecule has 0 aromatic heterocycles. The number of hydrogen-bond donors (Lipinski definition) is 2. The molecular weight excluding hydrogens is 366 g/mol. The Morgan fingerprint density at radius 2 is 1.83 bits per heavy atom. The SMILES string of the molecule is Cc1ccc(NC(=O)C[NH+](C)Cc2ccc(N(C)C)cc2)cc1Br. The lowest BCUT2D eigenvalue weighted by molar-refractivity contribution is -0.885. The molecule has 24 heavy (non-hydrogen) atoms. The Kier molecular flexibility index (Phi) is 6.40. The molecule has 0 aliphatic heterocycles. The summed E-state index contributed by atoms with van der Waals surface area (Å²) in [6.07, 6.45) is 0. The van der Waals surface area contributed by atoms with Crippen molar-refractivity contribution in [3.05, 3.63) is 58.1 Å². The van der Waals surface area contributed by atoms with Crippen molar-refractivity contribution in [3.8, 4) is 0 Å². The summed E-state index contributed by atoms with van der Waals surface area (Å²) in [6.45, 7) is 3.27. The molecule has 0 saturated carbocycles. The monoisotopic (exact) mass is 390 g/mol. The van der Waals surface area contributed by atoms with Gasteiger partial charge in [-0.3, -0.25) is 4.79 Å². The fourth-order valence-corrected chi connectivity index (χ4v) is 2.85. The average molecular weight is 391 g/mol. The van der Waals surface area contributed by atoms with Gasteiger partial charge in [0.15, 0.2) is 6.54 Å². The van der Waals surface area contributed by atoms with Gasteiger partial charge in [-0.05, 0) is 36.8 Å². The van der Waals surface area contributed by atoms with Gasteiger partial charge in [0.1, 0.15) is 6.54 Å². The molecule has 2 N–H and O–H groups in total. The molecule has 4 nitrogen and oxygen atoms in total. The van der Waals surface area contributed by atoms with Gasteiger partial charge in [-0.1, -0.05) is 34.1 Å². The Hall–Kier alpha value is -1.85. The van der Waals surface area contributed by atoms with Crippen molar-refractivity contribution < 1.29 is 9.69 Å². The molecule has 0 aliphatic carbocycles. The van der Waals surface area contributed by atoms with E-state index < -0.39 is 0 Å². The molecule has 0 aliphatic rings. The topological polar surface area (TPSA) is 36.8 Å². The molecule has 128 valence electrons. The molecule has 5 heteroatoms. The van der Waals surface area contributed by atoms with Crippen LogP contribution in [0, 0.1) is 6.92 Å². The summed E-state index contributed by atoms with van der Waals surface area (Å²) < 4.78 is 1.00. The van der Waals surface area contributed by atoms with Crippen LogP contribution in [0.1, 0.15) is 11.1 Å². The lowest BCUT2D eigenvalue weighted by Crippen LogP contribution is -3.08. The fraction of sp³-hybridized carbons (Fsp3) is 0.316. The van der Waals surface area contributed by atoms with Crippen molar-refractivity contribution in [2.24, 2.45) is 0 Å². The number of nitrogens with zero attached hydrogens (tertiary/aromatic N) is 1. The first kappa shape index (κ1) is 18.5. The van der Waals surface area contributed by atoms with Gasteiger partial charge in [-0.25, -0.2) is 0 Å². The number of carbonyl (C=O) groups excluding carboxylic acids is 1. The van der Waals surface area contributed by atoms with E-state index in [4.69, 9.17) is 0 Å². The van der Waals surface area contributed by atoms with Crippen LogP contribution in [0.3, 0.4) is 0 Å². The van der Waals surface area contributed by atoms with E-state index in [1.54, 1.807) is 0 Å². The predicted octanol–water partition coefficient (Wildman–Crippen LogP) is 2.48. The zero-order chi connectivity index (χ0) is 17.7. The molecular formula is C19H25BrN3O+. The summed E-state index contributed by atoms with van der Waals surface area (Å²) in [5.74, 6) is 0.0214. The predicted molar refractivity (Wildman–Crippen MR) is 104 cm³/mol. The van der Waals surface area contributed by atoms with E-state index in [0.717, 1.165) is 27.2 Å². The summed E-state index contributed by atoms with van der Waals surface area (Å²) in [5.41, 5.74) is 4.38. The van der Waals surface area contributed by atoms with E-state index in [9.17, 15) is 4.79 Å². The number of rotatable bonds is 6. The highest BCUT2D eigenvalue weighted by Gasteiger charge is 2.11. The molecule has 1 atom stereocenters. The highest BCUT2D eigenvalue weighted by Crippen LogP contribution is 2.20. The zero-order valence-corrected chi connectivity index (χ0v) is 16.3.